The molecule has 0 radical (unpaired) electrons. The molecule has 180 valence electrons. The van der Waals surface area contributed by atoms with E-state index >= 15 is 0 Å². The molecular formula is C27H18Cl4N4O. The number of hydrogen-bond acceptors (Lipinski definition) is 4. The Balaban J connectivity index is 1.49. The minimum absolute atomic E-state index is 0.314. The predicted octanol–water partition coefficient (Wildman–Crippen LogP) is 8.59. The van der Waals surface area contributed by atoms with Crippen LogP contribution in [-0.4, -0.2) is 20.0 Å². The Morgan fingerprint density at radius 3 is 2.25 bits per heavy atom. The van der Waals surface area contributed by atoms with Gasteiger partial charge in [0.05, 0.1) is 21.8 Å². The second-order valence-corrected chi connectivity index (χ2v) is 10.6. The van der Waals surface area contributed by atoms with Gasteiger partial charge >= 0.3 is 0 Å². The lowest BCUT2D eigenvalue weighted by molar-refractivity contribution is 0.470. The molecule has 36 heavy (non-hydrogen) atoms. The van der Waals surface area contributed by atoms with E-state index in [9.17, 15) is 0 Å². The first-order valence-corrected chi connectivity index (χ1v) is 12.8. The van der Waals surface area contributed by atoms with E-state index in [4.69, 9.17) is 55.9 Å². The SMILES string of the molecule is Cc1c(-c2nnc(C3(c4cccc(Cl)c4)CC3)o2)nn(-c2ccc(Cl)cc2Cl)c1-c1ccc(Cl)cc1. The largest absolute Gasteiger partial charge is 0.418 e. The van der Waals surface area contributed by atoms with E-state index in [2.05, 4.69) is 10.2 Å². The zero-order valence-corrected chi connectivity index (χ0v) is 22.0. The summed E-state index contributed by atoms with van der Waals surface area (Å²) in [7, 11) is 0. The van der Waals surface area contributed by atoms with E-state index < -0.39 is 0 Å². The van der Waals surface area contributed by atoms with Crippen LogP contribution in [0.2, 0.25) is 20.1 Å². The summed E-state index contributed by atoms with van der Waals surface area (Å²) >= 11 is 25.1. The van der Waals surface area contributed by atoms with Crippen molar-refractivity contribution < 1.29 is 4.42 Å². The molecule has 0 amide bonds. The van der Waals surface area contributed by atoms with E-state index in [-0.39, 0.29) is 5.41 Å². The molecule has 1 aliphatic rings. The lowest BCUT2D eigenvalue weighted by Crippen LogP contribution is -2.09. The number of hydrogen-bond donors (Lipinski definition) is 0. The average Bonchev–Trinajstić information content (AvgIpc) is 3.40. The number of benzene rings is 3. The van der Waals surface area contributed by atoms with Crippen molar-refractivity contribution in [1.82, 2.24) is 20.0 Å². The maximum atomic E-state index is 6.58. The molecule has 9 heteroatoms. The van der Waals surface area contributed by atoms with E-state index in [1.54, 1.807) is 16.8 Å². The topological polar surface area (TPSA) is 56.7 Å². The third-order valence-corrected chi connectivity index (χ3v) is 7.57. The van der Waals surface area contributed by atoms with Crippen LogP contribution in [0.15, 0.2) is 71.1 Å². The summed E-state index contributed by atoms with van der Waals surface area (Å²) in [6, 6.07) is 20.6. The van der Waals surface area contributed by atoms with Crippen molar-refractivity contribution in [2.75, 3.05) is 0 Å². The Kier molecular flexibility index (Phi) is 5.84. The van der Waals surface area contributed by atoms with Crippen LogP contribution in [0.3, 0.4) is 0 Å². The van der Waals surface area contributed by atoms with Gasteiger partial charge in [0, 0.05) is 26.2 Å². The van der Waals surface area contributed by atoms with Crippen LogP contribution in [-0.2, 0) is 5.41 Å². The van der Waals surface area contributed by atoms with Crippen LogP contribution in [0.25, 0.3) is 28.5 Å². The van der Waals surface area contributed by atoms with Crippen LogP contribution in [0, 0.1) is 6.92 Å². The van der Waals surface area contributed by atoms with E-state index in [1.807, 2.05) is 61.5 Å². The molecule has 0 atom stereocenters. The lowest BCUT2D eigenvalue weighted by Gasteiger charge is -2.11. The minimum atomic E-state index is -0.314. The Morgan fingerprint density at radius 2 is 1.56 bits per heavy atom. The highest BCUT2D eigenvalue weighted by molar-refractivity contribution is 6.35. The van der Waals surface area contributed by atoms with Gasteiger partial charge in [0.1, 0.15) is 0 Å². The second kappa shape index (κ2) is 8.93. The molecule has 5 aromatic rings. The smallest absolute Gasteiger partial charge is 0.268 e. The maximum absolute atomic E-state index is 6.58. The highest BCUT2D eigenvalue weighted by atomic mass is 35.5. The summed E-state index contributed by atoms with van der Waals surface area (Å²) in [5.74, 6) is 0.904. The Bertz CT molecular complexity index is 1600. The fraction of sp³-hybridized carbons (Fsp3) is 0.148. The number of nitrogens with zero attached hydrogens (tertiary/aromatic N) is 4. The number of halogens is 4. The quantitative estimate of drug-likeness (QED) is 0.218. The molecule has 5 nitrogen and oxygen atoms in total. The standard InChI is InChI=1S/C27H18Cl4N4O/c1-15-23(25-32-33-26(36-25)27(11-12-27)17-3-2-4-19(29)13-17)34-35(22-10-9-20(30)14-21(22)31)24(15)16-5-7-18(28)8-6-16/h2-10,13-14H,11-12H2,1H3. The van der Waals surface area contributed by atoms with Crippen molar-refractivity contribution in [1.29, 1.82) is 0 Å². The third-order valence-electron chi connectivity index (χ3n) is 6.54. The molecule has 6 rings (SSSR count). The van der Waals surface area contributed by atoms with Crippen molar-refractivity contribution in [3.05, 3.63) is 104 Å². The molecule has 0 spiro atoms. The fourth-order valence-corrected chi connectivity index (χ4v) is 5.33. The number of aromatic nitrogens is 4. The van der Waals surface area contributed by atoms with Crippen LogP contribution >= 0.6 is 46.4 Å². The summed E-state index contributed by atoms with van der Waals surface area (Å²) in [6.45, 7) is 1.97. The lowest BCUT2D eigenvalue weighted by atomic mass is 9.96. The van der Waals surface area contributed by atoms with Gasteiger partial charge in [-0.2, -0.15) is 5.10 Å². The van der Waals surface area contributed by atoms with Crippen LogP contribution in [0.4, 0.5) is 0 Å². The van der Waals surface area contributed by atoms with Crippen molar-refractivity contribution in [2.45, 2.75) is 25.2 Å². The summed E-state index contributed by atoms with van der Waals surface area (Å²) in [4.78, 5) is 0. The van der Waals surface area contributed by atoms with Gasteiger partial charge in [-0.25, -0.2) is 4.68 Å². The zero-order valence-electron chi connectivity index (χ0n) is 19.0. The van der Waals surface area contributed by atoms with Crippen molar-refractivity contribution in [3.8, 4) is 28.5 Å². The monoisotopic (exact) mass is 554 g/mol. The Hall–Kier alpha value is -2.83. The number of rotatable bonds is 5. The normalized spacial score (nSPS) is 14.2. The first kappa shape index (κ1) is 23.6. The molecule has 2 aromatic heterocycles. The van der Waals surface area contributed by atoms with Gasteiger partial charge in [-0.3, -0.25) is 0 Å². The van der Waals surface area contributed by atoms with Gasteiger partial charge in [0.15, 0.2) is 5.69 Å². The van der Waals surface area contributed by atoms with Crippen molar-refractivity contribution in [3.63, 3.8) is 0 Å². The molecular weight excluding hydrogens is 538 g/mol. The molecule has 3 aromatic carbocycles. The van der Waals surface area contributed by atoms with Crippen molar-refractivity contribution in [2.24, 2.45) is 0 Å². The molecule has 0 unspecified atom stereocenters. The van der Waals surface area contributed by atoms with Crippen LogP contribution < -0.4 is 0 Å². The third kappa shape index (κ3) is 4.00. The van der Waals surface area contributed by atoms with E-state index in [0.717, 1.165) is 35.2 Å². The van der Waals surface area contributed by atoms with Crippen LogP contribution in [0.1, 0.15) is 29.9 Å². The minimum Gasteiger partial charge on any atom is -0.418 e. The predicted molar refractivity (Wildman–Crippen MR) is 144 cm³/mol. The highest BCUT2D eigenvalue weighted by Gasteiger charge is 2.51. The van der Waals surface area contributed by atoms with Gasteiger partial charge in [-0.05, 0) is 67.8 Å². The first-order chi connectivity index (χ1) is 17.4. The van der Waals surface area contributed by atoms with Crippen LogP contribution in [0.5, 0.6) is 0 Å². The maximum Gasteiger partial charge on any atom is 0.268 e. The van der Waals surface area contributed by atoms with E-state index in [1.165, 1.54) is 0 Å². The summed E-state index contributed by atoms with van der Waals surface area (Å²) in [6.07, 6.45) is 1.83. The molecule has 0 aliphatic heterocycles. The first-order valence-electron chi connectivity index (χ1n) is 11.3. The van der Waals surface area contributed by atoms with E-state index in [0.29, 0.717) is 43.3 Å². The summed E-state index contributed by atoms with van der Waals surface area (Å²) < 4.78 is 8.04. The molecule has 0 N–H and O–H groups in total. The Labute approximate surface area is 227 Å². The van der Waals surface area contributed by atoms with Gasteiger partial charge < -0.3 is 4.42 Å². The molecule has 2 heterocycles. The highest BCUT2D eigenvalue weighted by Crippen LogP contribution is 2.53. The molecule has 1 aliphatic carbocycles. The van der Waals surface area contributed by atoms with Crippen molar-refractivity contribution >= 4 is 46.4 Å². The molecule has 1 saturated carbocycles. The summed E-state index contributed by atoms with van der Waals surface area (Å²) in [5, 5.41) is 16.0. The molecule has 0 saturated heterocycles. The zero-order chi connectivity index (χ0) is 25.0. The van der Waals surface area contributed by atoms with Gasteiger partial charge in [-0.15, -0.1) is 10.2 Å². The van der Waals surface area contributed by atoms with Gasteiger partial charge in [-0.1, -0.05) is 70.7 Å². The average molecular weight is 556 g/mol. The second-order valence-electron chi connectivity index (χ2n) is 8.84. The molecule has 0 bridgehead atoms. The van der Waals surface area contributed by atoms with Gasteiger partial charge in [0.2, 0.25) is 5.89 Å². The Morgan fingerprint density at radius 1 is 0.833 bits per heavy atom. The van der Waals surface area contributed by atoms with Gasteiger partial charge in [0.25, 0.3) is 5.89 Å². The summed E-state index contributed by atoms with van der Waals surface area (Å²) in [5.41, 5.74) is 4.63. The fourth-order valence-electron chi connectivity index (χ4n) is 4.52. The molecule has 1 fully saturated rings.